The molecule has 1 heterocycles. The quantitative estimate of drug-likeness (QED) is 0.132. The van der Waals surface area contributed by atoms with Crippen LogP contribution >= 0.6 is 7.82 Å². The molecule has 6 nitrogen and oxygen atoms in total. The third kappa shape index (κ3) is 15.8. The average Bonchev–Trinajstić information content (AvgIpc) is 3.18. The Balaban J connectivity index is 1.85. The van der Waals surface area contributed by atoms with Crippen LogP contribution in [0.1, 0.15) is 96.8 Å². The summed E-state index contributed by atoms with van der Waals surface area (Å²) >= 11 is 0. The second kappa shape index (κ2) is 19.7. The summed E-state index contributed by atoms with van der Waals surface area (Å²) in [7, 11) is -1.69. The lowest BCUT2D eigenvalue weighted by atomic mass is 10.0. The van der Waals surface area contributed by atoms with Gasteiger partial charge in [-0.1, -0.05) is 90.4 Å². The van der Waals surface area contributed by atoms with Gasteiger partial charge in [-0.3, -0.25) is 13.6 Å². The molecule has 0 saturated carbocycles. The number of ether oxygens (including phenoxy) is 2. The van der Waals surface area contributed by atoms with Crippen molar-refractivity contribution in [2.24, 2.45) is 5.92 Å². The van der Waals surface area contributed by atoms with Gasteiger partial charge in [0.25, 0.3) is 0 Å². The third-order valence-electron chi connectivity index (χ3n) is 5.45. The second-order valence-corrected chi connectivity index (χ2v) is 10.1. The van der Waals surface area contributed by atoms with Crippen LogP contribution in [0.4, 0.5) is 0 Å². The van der Waals surface area contributed by atoms with E-state index >= 15 is 0 Å². The minimum absolute atomic E-state index is 0.0280. The molecular formula is C23H47O6P. The fourth-order valence-electron chi connectivity index (χ4n) is 3.64. The van der Waals surface area contributed by atoms with Crippen LogP contribution in [0.3, 0.4) is 0 Å². The summed E-state index contributed by atoms with van der Waals surface area (Å²) in [6, 6.07) is 0. The van der Waals surface area contributed by atoms with Gasteiger partial charge in [-0.05, 0) is 6.42 Å². The Kier molecular flexibility index (Phi) is 18.4. The minimum Gasteiger partial charge on any atom is -0.384 e. The molecule has 1 fully saturated rings. The molecule has 180 valence electrons. The van der Waals surface area contributed by atoms with E-state index in [-0.39, 0.29) is 12.5 Å². The van der Waals surface area contributed by atoms with Gasteiger partial charge >= 0.3 is 7.82 Å². The molecule has 0 aromatic carbocycles. The van der Waals surface area contributed by atoms with Crippen LogP contribution in [-0.2, 0) is 27.6 Å². The molecule has 0 amide bonds. The average molecular weight is 451 g/mol. The van der Waals surface area contributed by atoms with E-state index in [0.717, 1.165) is 13.0 Å². The van der Waals surface area contributed by atoms with Crippen LogP contribution in [0.5, 0.6) is 0 Å². The summed E-state index contributed by atoms with van der Waals surface area (Å²) in [5.41, 5.74) is 0. The molecule has 1 rings (SSSR count). The Morgan fingerprint density at radius 3 is 1.73 bits per heavy atom. The Bertz CT molecular complexity index is 410. The number of phosphoric acid groups is 1. The Hall–Kier alpha value is 0.0300. The van der Waals surface area contributed by atoms with Crippen molar-refractivity contribution < 1.29 is 27.6 Å². The zero-order valence-electron chi connectivity index (χ0n) is 19.6. The summed E-state index contributed by atoms with van der Waals surface area (Å²) in [4.78, 5) is 0. The van der Waals surface area contributed by atoms with Crippen molar-refractivity contribution in [1.29, 1.82) is 0 Å². The van der Waals surface area contributed by atoms with Crippen LogP contribution in [0.15, 0.2) is 0 Å². The fraction of sp³-hybridized carbons (Fsp3) is 1.00. The zero-order valence-corrected chi connectivity index (χ0v) is 20.5. The van der Waals surface area contributed by atoms with Gasteiger partial charge in [0.15, 0.2) is 0 Å². The second-order valence-electron chi connectivity index (χ2n) is 8.40. The number of phosphoric ester groups is 1. The van der Waals surface area contributed by atoms with Gasteiger partial charge in [0, 0.05) is 19.6 Å². The zero-order chi connectivity index (χ0) is 21.8. The number of unbranched alkanes of at least 4 members (excludes halogenated alkanes) is 13. The highest BCUT2D eigenvalue weighted by atomic mass is 31.2. The van der Waals surface area contributed by atoms with Gasteiger partial charge in [0.2, 0.25) is 0 Å². The summed E-state index contributed by atoms with van der Waals surface area (Å²) < 4.78 is 38.4. The molecular weight excluding hydrogens is 403 g/mol. The molecule has 0 radical (unpaired) electrons. The Morgan fingerprint density at radius 2 is 1.23 bits per heavy atom. The van der Waals surface area contributed by atoms with Crippen LogP contribution in [-0.4, -0.2) is 46.8 Å². The molecule has 0 unspecified atom stereocenters. The van der Waals surface area contributed by atoms with Crippen molar-refractivity contribution in [3.63, 3.8) is 0 Å². The maximum absolute atomic E-state index is 12.0. The van der Waals surface area contributed by atoms with E-state index in [1.54, 1.807) is 7.11 Å². The monoisotopic (exact) mass is 450 g/mol. The first-order valence-electron chi connectivity index (χ1n) is 12.3. The van der Waals surface area contributed by atoms with Crippen molar-refractivity contribution in [2.75, 3.05) is 46.8 Å². The molecule has 7 heteroatoms. The summed E-state index contributed by atoms with van der Waals surface area (Å²) in [6.07, 6.45) is 19.0. The molecule has 30 heavy (non-hydrogen) atoms. The number of rotatable bonds is 22. The fourth-order valence-corrected chi connectivity index (χ4v) is 4.85. The first-order valence-corrected chi connectivity index (χ1v) is 13.8. The first-order chi connectivity index (χ1) is 14.7. The van der Waals surface area contributed by atoms with Gasteiger partial charge in [-0.25, -0.2) is 4.57 Å². The van der Waals surface area contributed by atoms with Crippen molar-refractivity contribution in [3.8, 4) is 0 Å². The van der Waals surface area contributed by atoms with Gasteiger partial charge < -0.3 is 9.47 Å². The van der Waals surface area contributed by atoms with Crippen LogP contribution in [0.25, 0.3) is 0 Å². The lowest BCUT2D eigenvalue weighted by molar-refractivity contribution is 0.0287. The van der Waals surface area contributed by atoms with E-state index in [1.165, 1.54) is 83.5 Å². The van der Waals surface area contributed by atoms with E-state index in [1.807, 2.05) is 0 Å². The highest BCUT2D eigenvalue weighted by molar-refractivity contribution is 7.48. The Morgan fingerprint density at radius 1 is 0.733 bits per heavy atom. The van der Waals surface area contributed by atoms with Crippen LogP contribution in [0.2, 0.25) is 0 Å². The van der Waals surface area contributed by atoms with Crippen molar-refractivity contribution in [1.82, 2.24) is 0 Å². The maximum Gasteiger partial charge on any atom is 0.474 e. The van der Waals surface area contributed by atoms with Crippen LogP contribution in [0, 0.1) is 5.92 Å². The van der Waals surface area contributed by atoms with Gasteiger partial charge in [0.05, 0.1) is 33.0 Å². The molecule has 0 aromatic heterocycles. The molecule has 1 aliphatic heterocycles. The molecule has 0 spiro atoms. The van der Waals surface area contributed by atoms with Crippen molar-refractivity contribution >= 4 is 7.82 Å². The van der Waals surface area contributed by atoms with Crippen LogP contribution < -0.4 is 0 Å². The summed E-state index contributed by atoms with van der Waals surface area (Å²) in [6.45, 7) is 4.96. The van der Waals surface area contributed by atoms with E-state index in [0.29, 0.717) is 26.4 Å². The Labute approximate surface area is 185 Å². The lowest BCUT2D eigenvalue weighted by Gasteiger charge is -2.18. The highest BCUT2D eigenvalue weighted by Gasteiger charge is 2.32. The minimum atomic E-state index is -3.33. The lowest BCUT2D eigenvalue weighted by Crippen LogP contribution is -2.21. The van der Waals surface area contributed by atoms with Gasteiger partial charge in [-0.15, -0.1) is 0 Å². The first kappa shape index (κ1) is 28.1. The molecule has 0 aromatic rings. The summed E-state index contributed by atoms with van der Waals surface area (Å²) in [5, 5.41) is 0. The third-order valence-corrected chi connectivity index (χ3v) is 6.91. The normalized spacial score (nSPS) is 16.9. The molecule has 1 aliphatic rings. The van der Waals surface area contributed by atoms with Crippen molar-refractivity contribution in [2.45, 2.75) is 96.8 Å². The van der Waals surface area contributed by atoms with Gasteiger partial charge in [-0.2, -0.15) is 0 Å². The van der Waals surface area contributed by atoms with E-state index in [9.17, 15) is 4.57 Å². The molecule has 1 atom stereocenters. The predicted octanol–water partition coefficient (Wildman–Crippen LogP) is 6.92. The number of hydrogen-bond donors (Lipinski definition) is 0. The van der Waals surface area contributed by atoms with Crippen molar-refractivity contribution in [3.05, 3.63) is 0 Å². The number of hydrogen-bond acceptors (Lipinski definition) is 6. The van der Waals surface area contributed by atoms with E-state index in [4.69, 9.17) is 23.0 Å². The smallest absolute Gasteiger partial charge is 0.384 e. The predicted molar refractivity (Wildman–Crippen MR) is 122 cm³/mol. The number of methoxy groups -OCH3 is 1. The van der Waals surface area contributed by atoms with Gasteiger partial charge in [0.1, 0.15) is 0 Å². The van der Waals surface area contributed by atoms with E-state index in [2.05, 4.69) is 6.92 Å². The highest BCUT2D eigenvalue weighted by Crippen LogP contribution is 2.52. The maximum atomic E-state index is 12.0. The summed E-state index contributed by atoms with van der Waals surface area (Å²) in [5.74, 6) is 0.0280. The molecule has 0 N–H and O–H groups in total. The molecule has 1 saturated heterocycles. The molecule has 0 aliphatic carbocycles. The topological polar surface area (TPSA) is 63.2 Å². The molecule has 0 bridgehead atoms. The largest absolute Gasteiger partial charge is 0.474 e. The standard InChI is InChI=1S/C23H47O6P/c1-3-4-5-6-7-8-9-10-11-12-13-14-15-16-17-26-21-23(20-25-2)22-29-30(24)27-18-19-28-30/h23H,3-22H2,1-2H3/t23-/m0/s1. The SMILES string of the molecule is CCCCCCCCCCCCCCCCOC[C@H](COC)COP1(=O)OCCO1. The van der Waals surface area contributed by atoms with E-state index < -0.39 is 7.82 Å².